The fraction of sp³-hybridized carbons (Fsp3) is 0.688. The van der Waals surface area contributed by atoms with Crippen LogP contribution in [0.2, 0.25) is 0 Å². The Labute approximate surface area is 131 Å². The highest BCUT2D eigenvalue weighted by atomic mass is 32.1. The SMILES string of the molecule is CC(C)CN1CCN(c2cc(N)c(C(=O)C(C)C)s2)CC1. The van der Waals surface area contributed by atoms with Gasteiger partial charge in [0.15, 0.2) is 5.78 Å². The number of ketones is 1. The highest BCUT2D eigenvalue weighted by Crippen LogP contribution is 2.34. The third-order valence-corrected chi connectivity index (χ3v) is 5.03. The Hall–Kier alpha value is -1.07. The standard InChI is InChI=1S/C16H27N3OS/c1-11(2)10-18-5-7-19(8-6-18)14-9-13(17)16(21-14)15(20)12(3)4/h9,11-12H,5-8,10,17H2,1-4H3. The van der Waals surface area contributed by atoms with Gasteiger partial charge in [-0.1, -0.05) is 27.7 Å². The first-order valence-electron chi connectivity index (χ1n) is 7.79. The van der Waals surface area contributed by atoms with Crippen molar-refractivity contribution in [1.82, 2.24) is 4.90 Å². The third kappa shape index (κ3) is 3.98. The van der Waals surface area contributed by atoms with Crippen LogP contribution >= 0.6 is 11.3 Å². The van der Waals surface area contributed by atoms with Gasteiger partial charge >= 0.3 is 0 Å². The Kier molecular flexibility index (Phi) is 5.27. The van der Waals surface area contributed by atoms with Crippen LogP contribution in [0.4, 0.5) is 10.7 Å². The van der Waals surface area contributed by atoms with Crippen LogP contribution in [-0.2, 0) is 0 Å². The van der Waals surface area contributed by atoms with Gasteiger partial charge in [0, 0.05) is 38.6 Å². The molecular weight excluding hydrogens is 282 g/mol. The second-order valence-electron chi connectivity index (χ2n) is 6.57. The van der Waals surface area contributed by atoms with E-state index >= 15 is 0 Å². The number of nitrogens with zero attached hydrogens (tertiary/aromatic N) is 2. The topological polar surface area (TPSA) is 49.6 Å². The van der Waals surface area contributed by atoms with Crippen LogP contribution in [0, 0.1) is 11.8 Å². The number of Topliss-reactive ketones (excluding diaryl/α,β-unsaturated/α-hetero) is 1. The third-order valence-electron chi connectivity index (χ3n) is 3.80. The summed E-state index contributed by atoms with van der Waals surface area (Å²) >= 11 is 1.55. The molecule has 0 aliphatic carbocycles. The molecule has 4 nitrogen and oxygen atoms in total. The predicted octanol–water partition coefficient (Wildman–Crippen LogP) is 2.95. The molecule has 0 atom stereocenters. The minimum Gasteiger partial charge on any atom is -0.397 e. The second kappa shape index (κ2) is 6.79. The summed E-state index contributed by atoms with van der Waals surface area (Å²) in [7, 11) is 0. The molecule has 21 heavy (non-hydrogen) atoms. The first-order chi connectivity index (χ1) is 9.88. The van der Waals surface area contributed by atoms with Gasteiger partial charge in [-0.15, -0.1) is 11.3 Å². The lowest BCUT2D eigenvalue weighted by molar-refractivity contribution is 0.0944. The van der Waals surface area contributed by atoms with Gasteiger partial charge in [0.05, 0.1) is 15.6 Å². The lowest BCUT2D eigenvalue weighted by Crippen LogP contribution is -2.47. The van der Waals surface area contributed by atoms with Crippen molar-refractivity contribution in [2.75, 3.05) is 43.4 Å². The molecule has 0 spiro atoms. The average Bonchev–Trinajstić information content (AvgIpc) is 2.80. The molecule has 0 radical (unpaired) electrons. The van der Waals surface area contributed by atoms with E-state index < -0.39 is 0 Å². The van der Waals surface area contributed by atoms with Crippen molar-refractivity contribution in [3.05, 3.63) is 10.9 Å². The molecule has 2 N–H and O–H groups in total. The van der Waals surface area contributed by atoms with Crippen LogP contribution < -0.4 is 10.6 Å². The number of hydrogen-bond acceptors (Lipinski definition) is 5. The van der Waals surface area contributed by atoms with Crippen LogP contribution in [-0.4, -0.2) is 43.4 Å². The predicted molar refractivity (Wildman–Crippen MR) is 91.4 cm³/mol. The molecule has 1 aromatic rings. The molecule has 2 rings (SSSR count). The number of hydrogen-bond donors (Lipinski definition) is 1. The number of anilines is 2. The van der Waals surface area contributed by atoms with Crippen LogP contribution in [0.1, 0.15) is 37.4 Å². The lowest BCUT2D eigenvalue weighted by atomic mass is 10.1. The van der Waals surface area contributed by atoms with E-state index in [0.29, 0.717) is 11.6 Å². The number of nitrogens with two attached hydrogens (primary N) is 1. The van der Waals surface area contributed by atoms with Gasteiger partial charge < -0.3 is 10.6 Å². The van der Waals surface area contributed by atoms with Gasteiger partial charge in [-0.25, -0.2) is 0 Å². The lowest BCUT2D eigenvalue weighted by Gasteiger charge is -2.36. The van der Waals surface area contributed by atoms with Crippen molar-refractivity contribution in [2.24, 2.45) is 11.8 Å². The molecule has 0 saturated carbocycles. The molecule has 5 heteroatoms. The fourth-order valence-corrected chi connectivity index (χ4v) is 3.89. The molecule has 0 amide bonds. The summed E-state index contributed by atoms with van der Waals surface area (Å²) in [4.78, 5) is 17.7. The van der Waals surface area contributed by atoms with Crippen molar-refractivity contribution in [1.29, 1.82) is 0 Å². The van der Waals surface area contributed by atoms with Crippen molar-refractivity contribution in [3.8, 4) is 0 Å². The molecule has 1 aliphatic rings. The minimum atomic E-state index is 0.00156. The second-order valence-corrected chi connectivity index (χ2v) is 7.60. The zero-order chi connectivity index (χ0) is 15.6. The van der Waals surface area contributed by atoms with Crippen molar-refractivity contribution < 1.29 is 4.79 Å². The summed E-state index contributed by atoms with van der Waals surface area (Å²) < 4.78 is 0. The molecule has 1 saturated heterocycles. The first-order valence-corrected chi connectivity index (χ1v) is 8.61. The van der Waals surface area contributed by atoms with Gasteiger partial charge in [-0.05, 0) is 12.0 Å². The van der Waals surface area contributed by atoms with E-state index in [2.05, 4.69) is 23.6 Å². The van der Waals surface area contributed by atoms with Gasteiger partial charge in [-0.2, -0.15) is 0 Å². The summed E-state index contributed by atoms with van der Waals surface area (Å²) in [6.45, 7) is 13.7. The summed E-state index contributed by atoms with van der Waals surface area (Å²) in [6, 6.07) is 1.97. The minimum absolute atomic E-state index is 0.00156. The summed E-state index contributed by atoms with van der Waals surface area (Å²) in [6.07, 6.45) is 0. The van der Waals surface area contributed by atoms with Crippen LogP contribution in [0.5, 0.6) is 0 Å². The van der Waals surface area contributed by atoms with Gasteiger partial charge in [-0.3, -0.25) is 9.69 Å². The van der Waals surface area contributed by atoms with Crippen molar-refractivity contribution in [2.45, 2.75) is 27.7 Å². The zero-order valence-corrected chi connectivity index (χ0v) is 14.4. The normalized spacial score (nSPS) is 17.0. The quantitative estimate of drug-likeness (QED) is 0.850. The van der Waals surface area contributed by atoms with Crippen molar-refractivity contribution >= 4 is 27.8 Å². The van der Waals surface area contributed by atoms with E-state index in [0.717, 1.165) is 42.6 Å². The van der Waals surface area contributed by atoms with E-state index in [-0.39, 0.29) is 11.7 Å². The highest BCUT2D eigenvalue weighted by molar-refractivity contribution is 7.18. The van der Waals surface area contributed by atoms with E-state index in [1.54, 1.807) is 11.3 Å². The van der Waals surface area contributed by atoms with Crippen LogP contribution in [0.15, 0.2) is 6.07 Å². The molecule has 0 aromatic carbocycles. The number of piperazine rings is 1. The Morgan fingerprint density at radius 3 is 2.38 bits per heavy atom. The smallest absolute Gasteiger partial charge is 0.177 e. The molecule has 1 fully saturated rings. The summed E-state index contributed by atoms with van der Waals surface area (Å²) in [5.74, 6) is 0.869. The number of nitrogen functional groups attached to an aromatic ring is 1. The van der Waals surface area contributed by atoms with E-state index in [4.69, 9.17) is 5.73 Å². The molecular formula is C16H27N3OS. The van der Waals surface area contributed by atoms with Gasteiger partial charge in [0.1, 0.15) is 0 Å². The van der Waals surface area contributed by atoms with Crippen molar-refractivity contribution in [3.63, 3.8) is 0 Å². The van der Waals surface area contributed by atoms with Crippen LogP contribution in [0.3, 0.4) is 0 Å². The average molecular weight is 309 g/mol. The highest BCUT2D eigenvalue weighted by Gasteiger charge is 2.22. The number of rotatable bonds is 5. The molecule has 1 aliphatic heterocycles. The molecule has 0 unspecified atom stereocenters. The molecule has 2 heterocycles. The van der Waals surface area contributed by atoms with Gasteiger partial charge in [0.2, 0.25) is 0 Å². The Morgan fingerprint density at radius 2 is 1.86 bits per heavy atom. The maximum Gasteiger partial charge on any atom is 0.177 e. The van der Waals surface area contributed by atoms with Crippen LogP contribution in [0.25, 0.3) is 0 Å². The Morgan fingerprint density at radius 1 is 1.24 bits per heavy atom. The first kappa shape index (κ1) is 16.3. The van der Waals surface area contributed by atoms with Gasteiger partial charge in [0.25, 0.3) is 0 Å². The Bertz CT molecular complexity index is 488. The van der Waals surface area contributed by atoms with E-state index in [1.807, 2.05) is 19.9 Å². The summed E-state index contributed by atoms with van der Waals surface area (Å²) in [5.41, 5.74) is 6.67. The molecule has 1 aromatic heterocycles. The fourth-order valence-electron chi connectivity index (χ4n) is 2.67. The monoisotopic (exact) mass is 309 g/mol. The number of thiophene rings is 1. The maximum atomic E-state index is 12.1. The zero-order valence-electron chi connectivity index (χ0n) is 13.6. The summed E-state index contributed by atoms with van der Waals surface area (Å²) in [5, 5.41) is 1.14. The molecule has 0 bridgehead atoms. The molecule has 118 valence electrons. The Balaban J connectivity index is 2.01. The van der Waals surface area contributed by atoms with E-state index in [9.17, 15) is 4.79 Å². The number of carbonyl (C=O) groups is 1. The van der Waals surface area contributed by atoms with E-state index in [1.165, 1.54) is 0 Å². The number of carbonyl (C=O) groups excluding carboxylic acids is 1. The largest absolute Gasteiger partial charge is 0.397 e. The maximum absolute atomic E-state index is 12.1.